The van der Waals surface area contributed by atoms with Crippen molar-refractivity contribution >= 4 is 27.8 Å². The van der Waals surface area contributed by atoms with Gasteiger partial charge < -0.3 is 5.11 Å². The lowest BCUT2D eigenvalue weighted by Crippen LogP contribution is -1.93. The fourth-order valence-electron chi connectivity index (χ4n) is 1.53. The van der Waals surface area contributed by atoms with Gasteiger partial charge in [0.2, 0.25) is 0 Å². The van der Waals surface area contributed by atoms with Crippen molar-refractivity contribution in [2.75, 3.05) is 0 Å². The third kappa shape index (κ3) is 3.08. The molecule has 3 heteroatoms. The minimum atomic E-state index is -0.137. The van der Waals surface area contributed by atoms with Crippen molar-refractivity contribution in [1.29, 1.82) is 0 Å². The standard InChI is InChI=1S/C15H11BrO2/c16-14-7-2-1-4-11(14)8-9-15(18)12-5-3-6-13(17)10-12/h1-10,17H/b9-8+. The summed E-state index contributed by atoms with van der Waals surface area (Å²) in [7, 11) is 0. The Morgan fingerprint density at radius 1 is 1.11 bits per heavy atom. The third-order valence-corrected chi connectivity index (χ3v) is 3.17. The van der Waals surface area contributed by atoms with Crippen molar-refractivity contribution in [2.24, 2.45) is 0 Å². The Bertz CT molecular complexity index is 603. The average molecular weight is 303 g/mol. The first kappa shape index (κ1) is 12.6. The molecule has 0 radical (unpaired) electrons. The van der Waals surface area contributed by atoms with E-state index >= 15 is 0 Å². The van der Waals surface area contributed by atoms with Crippen LogP contribution in [0.1, 0.15) is 15.9 Å². The molecule has 0 aliphatic carbocycles. The topological polar surface area (TPSA) is 37.3 Å². The maximum absolute atomic E-state index is 11.9. The molecule has 2 rings (SSSR count). The molecule has 2 aromatic carbocycles. The molecule has 0 aliphatic rings. The van der Waals surface area contributed by atoms with Crippen LogP contribution < -0.4 is 0 Å². The number of aromatic hydroxyl groups is 1. The van der Waals surface area contributed by atoms with E-state index in [1.165, 1.54) is 18.2 Å². The van der Waals surface area contributed by atoms with Crippen LogP contribution in [-0.2, 0) is 0 Å². The van der Waals surface area contributed by atoms with Gasteiger partial charge in [-0.05, 0) is 35.9 Å². The summed E-state index contributed by atoms with van der Waals surface area (Å²) >= 11 is 3.41. The van der Waals surface area contributed by atoms with Crippen LogP contribution in [0.5, 0.6) is 5.75 Å². The quantitative estimate of drug-likeness (QED) is 0.686. The molecule has 0 aliphatic heterocycles. The van der Waals surface area contributed by atoms with Crippen molar-refractivity contribution in [2.45, 2.75) is 0 Å². The zero-order valence-electron chi connectivity index (χ0n) is 9.51. The van der Waals surface area contributed by atoms with E-state index in [0.717, 1.165) is 10.0 Å². The second-order valence-corrected chi connectivity index (χ2v) is 4.62. The van der Waals surface area contributed by atoms with Crippen molar-refractivity contribution in [1.82, 2.24) is 0 Å². The van der Waals surface area contributed by atoms with E-state index in [1.54, 1.807) is 18.2 Å². The lowest BCUT2D eigenvalue weighted by molar-refractivity contribution is 0.104. The Labute approximate surface area is 114 Å². The van der Waals surface area contributed by atoms with Gasteiger partial charge in [-0.2, -0.15) is 0 Å². The van der Waals surface area contributed by atoms with E-state index < -0.39 is 0 Å². The van der Waals surface area contributed by atoms with Gasteiger partial charge >= 0.3 is 0 Å². The summed E-state index contributed by atoms with van der Waals surface area (Å²) in [6.07, 6.45) is 3.24. The van der Waals surface area contributed by atoms with Gasteiger partial charge in [0.1, 0.15) is 5.75 Å². The fraction of sp³-hybridized carbons (Fsp3) is 0. The summed E-state index contributed by atoms with van der Waals surface area (Å²) in [5.41, 5.74) is 1.41. The van der Waals surface area contributed by atoms with Crippen molar-refractivity contribution in [3.05, 3.63) is 70.2 Å². The van der Waals surface area contributed by atoms with Crippen LogP contribution in [0.2, 0.25) is 0 Å². The second kappa shape index (κ2) is 5.65. The summed E-state index contributed by atoms with van der Waals surface area (Å²) in [6.45, 7) is 0. The van der Waals surface area contributed by atoms with E-state index in [0.29, 0.717) is 5.56 Å². The zero-order valence-corrected chi connectivity index (χ0v) is 11.1. The van der Waals surface area contributed by atoms with Crippen LogP contribution in [-0.4, -0.2) is 10.9 Å². The molecule has 0 fully saturated rings. The number of allylic oxidation sites excluding steroid dienone is 1. The highest BCUT2D eigenvalue weighted by Crippen LogP contribution is 2.18. The SMILES string of the molecule is O=C(/C=C/c1ccccc1Br)c1cccc(O)c1. The van der Waals surface area contributed by atoms with Crippen LogP contribution in [0.4, 0.5) is 0 Å². The summed E-state index contributed by atoms with van der Waals surface area (Å²) in [4.78, 5) is 11.9. The first-order chi connectivity index (χ1) is 8.66. The van der Waals surface area contributed by atoms with Crippen LogP contribution in [0.15, 0.2) is 59.1 Å². The number of rotatable bonds is 3. The second-order valence-electron chi connectivity index (χ2n) is 3.77. The lowest BCUT2D eigenvalue weighted by Gasteiger charge is -1.98. The molecule has 2 nitrogen and oxygen atoms in total. The summed E-state index contributed by atoms with van der Waals surface area (Å²) in [5.74, 6) is -0.0446. The molecule has 1 N–H and O–H groups in total. The summed E-state index contributed by atoms with van der Waals surface area (Å²) < 4.78 is 0.935. The van der Waals surface area contributed by atoms with Gasteiger partial charge in [-0.1, -0.05) is 46.3 Å². The number of phenols is 1. The number of ketones is 1. The molecule has 18 heavy (non-hydrogen) atoms. The van der Waals surface area contributed by atoms with Crippen molar-refractivity contribution < 1.29 is 9.90 Å². The summed E-state index contributed by atoms with van der Waals surface area (Å²) in [5, 5.41) is 9.31. The van der Waals surface area contributed by atoms with Gasteiger partial charge in [-0.25, -0.2) is 0 Å². The van der Waals surface area contributed by atoms with Gasteiger partial charge in [0.15, 0.2) is 5.78 Å². The van der Waals surface area contributed by atoms with E-state index in [9.17, 15) is 9.90 Å². The highest BCUT2D eigenvalue weighted by atomic mass is 79.9. The molecule has 0 unspecified atom stereocenters. The molecule has 0 atom stereocenters. The summed E-state index contributed by atoms with van der Waals surface area (Å²) in [6, 6.07) is 14.0. The van der Waals surface area contributed by atoms with Gasteiger partial charge in [0, 0.05) is 10.0 Å². The third-order valence-electron chi connectivity index (χ3n) is 2.45. The molecule has 0 saturated heterocycles. The fourth-order valence-corrected chi connectivity index (χ4v) is 1.95. The molecule has 0 heterocycles. The number of hydrogen-bond donors (Lipinski definition) is 1. The van der Waals surface area contributed by atoms with Crippen molar-refractivity contribution in [3.63, 3.8) is 0 Å². The molecule has 0 aromatic heterocycles. The molecular formula is C15H11BrO2. The minimum absolute atomic E-state index is 0.0927. The monoisotopic (exact) mass is 302 g/mol. The smallest absolute Gasteiger partial charge is 0.185 e. The number of hydrogen-bond acceptors (Lipinski definition) is 2. The Hall–Kier alpha value is -1.87. The predicted molar refractivity (Wildman–Crippen MR) is 75.6 cm³/mol. The molecule has 0 spiro atoms. The normalized spacial score (nSPS) is 10.7. The van der Waals surface area contributed by atoms with Crippen LogP contribution in [0.25, 0.3) is 6.08 Å². The maximum Gasteiger partial charge on any atom is 0.185 e. The molecule has 0 bridgehead atoms. The molecule has 90 valence electrons. The van der Waals surface area contributed by atoms with Gasteiger partial charge in [-0.3, -0.25) is 4.79 Å². The van der Waals surface area contributed by atoms with Gasteiger partial charge in [0.05, 0.1) is 0 Å². The minimum Gasteiger partial charge on any atom is -0.508 e. The highest BCUT2D eigenvalue weighted by Gasteiger charge is 2.02. The number of carbonyl (C=O) groups excluding carboxylic acids is 1. The molecule has 2 aromatic rings. The first-order valence-corrected chi connectivity index (χ1v) is 6.22. The number of phenolic OH excluding ortho intramolecular Hbond substituents is 1. The first-order valence-electron chi connectivity index (χ1n) is 5.43. The Morgan fingerprint density at radius 2 is 1.89 bits per heavy atom. The average Bonchev–Trinajstić information content (AvgIpc) is 2.37. The van der Waals surface area contributed by atoms with E-state index in [-0.39, 0.29) is 11.5 Å². The van der Waals surface area contributed by atoms with Crippen molar-refractivity contribution in [3.8, 4) is 5.75 Å². The van der Waals surface area contributed by atoms with E-state index in [2.05, 4.69) is 15.9 Å². The van der Waals surface area contributed by atoms with Crippen LogP contribution in [0, 0.1) is 0 Å². The largest absolute Gasteiger partial charge is 0.508 e. The maximum atomic E-state index is 11.9. The number of halogens is 1. The Morgan fingerprint density at radius 3 is 2.61 bits per heavy atom. The molecule has 0 saturated carbocycles. The van der Waals surface area contributed by atoms with Crippen LogP contribution >= 0.6 is 15.9 Å². The zero-order chi connectivity index (χ0) is 13.0. The number of benzene rings is 2. The van der Waals surface area contributed by atoms with Gasteiger partial charge in [0.25, 0.3) is 0 Å². The molecular weight excluding hydrogens is 292 g/mol. The Balaban J connectivity index is 2.20. The predicted octanol–water partition coefficient (Wildman–Crippen LogP) is 4.05. The lowest BCUT2D eigenvalue weighted by atomic mass is 10.1. The number of carbonyl (C=O) groups is 1. The van der Waals surface area contributed by atoms with Crippen LogP contribution in [0.3, 0.4) is 0 Å². The van der Waals surface area contributed by atoms with Gasteiger partial charge in [-0.15, -0.1) is 0 Å². The Kier molecular flexibility index (Phi) is 3.95. The molecule has 0 amide bonds. The van der Waals surface area contributed by atoms with E-state index in [1.807, 2.05) is 24.3 Å². The highest BCUT2D eigenvalue weighted by molar-refractivity contribution is 9.10. The van der Waals surface area contributed by atoms with E-state index in [4.69, 9.17) is 0 Å².